The van der Waals surface area contributed by atoms with Gasteiger partial charge in [0, 0.05) is 26.2 Å². The van der Waals surface area contributed by atoms with E-state index in [4.69, 9.17) is 10.5 Å². The van der Waals surface area contributed by atoms with E-state index in [0.29, 0.717) is 6.61 Å². The van der Waals surface area contributed by atoms with Crippen molar-refractivity contribution in [3.8, 4) is 0 Å². The summed E-state index contributed by atoms with van der Waals surface area (Å²) in [5.74, 6) is 0. The van der Waals surface area contributed by atoms with Crippen molar-refractivity contribution < 1.29 is 4.74 Å². The van der Waals surface area contributed by atoms with Crippen LogP contribution in [0.1, 0.15) is 5.56 Å². The lowest BCUT2D eigenvalue weighted by molar-refractivity contribution is 0.179. The smallest absolute Gasteiger partial charge is 0.0626 e. The summed E-state index contributed by atoms with van der Waals surface area (Å²) < 4.78 is 4.94. The Morgan fingerprint density at radius 2 is 2.07 bits per heavy atom. The van der Waals surface area contributed by atoms with E-state index >= 15 is 0 Å². The zero-order valence-corrected chi connectivity index (χ0v) is 8.57. The van der Waals surface area contributed by atoms with Crippen molar-refractivity contribution >= 4 is 0 Å². The lowest BCUT2D eigenvalue weighted by Gasteiger charge is -2.11. The fraction of sp³-hybridized carbons (Fsp3) is 0.455. The zero-order chi connectivity index (χ0) is 10.2. The third kappa shape index (κ3) is 4.37. The summed E-state index contributed by atoms with van der Waals surface area (Å²) in [5.41, 5.74) is 7.04. The van der Waals surface area contributed by atoms with Gasteiger partial charge in [0.1, 0.15) is 0 Å². The van der Waals surface area contributed by atoms with Gasteiger partial charge in [-0.25, -0.2) is 0 Å². The molecular formula is C11H18N2O. The summed E-state index contributed by atoms with van der Waals surface area (Å²) in [4.78, 5) is 0. The molecule has 0 saturated heterocycles. The van der Waals surface area contributed by atoms with Crippen LogP contribution in [-0.4, -0.2) is 26.3 Å². The van der Waals surface area contributed by atoms with Crippen LogP contribution in [-0.2, 0) is 11.3 Å². The van der Waals surface area contributed by atoms with Gasteiger partial charge in [0.05, 0.1) is 6.61 Å². The van der Waals surface area contributed by atoms with E-state index in [1.165, 1.54) is 5.56 Å². The Kier molecular flexibility index (Phi) is 5.22. The summed E-state index contributed by atoms with van der Waals surface area (Å²) in [6.45, 7) is 2.24. The van der Waals surface area contributed by atoms with Crippen LogP contribution in [0.2, 0.25) is 0 Å². The highest BCUT2D eigenvalue weighted by atomic mass is 16.5. The Balaban J connectivity index is 2.16. The number of nitrogens with two attached hydrogens (primary N) is 1. The van der Waals surface area contributed by atoms with Crippen LogP contribution in [0.5, 0.6) is 0 Å². The highest BCUT2D eigenvalue weighted by molar-refractivity contribution is 5.14. The SMILES string of the molecule is COC[C@H](N)CNCc1ccccc1. The molecule has 0 spiro atoms. The van der Waals surface area contributed by atoms with Gasteiger partial charge in [0.15, 0.2) is 0 Å². The van der Waals surface area contributed by atoms with Gasteiger partial charge in [-0.2, -0.15) is 0 Å². The molecule has 3 N–H and O–H groups in total. The van der Waals surface area contributed by atoms with Crippen molar-refractivity contribution in [2.24, 2.45) is 5.73 Å². The zero-order valence-electron chi connectivity index (χ0n) is 8.57. The third-order valence-electron chi connectivity index (χ3n) is 1.96. The second kappa shape index (κ2) is 6.54. The molecular weight excluding hydrogens is 176 g/mol. The van der Waals surface area contributed by atoms with E-state index in [1.807, 2.05) is 18.2 Å². The minimum atomic E-state index is 0.0729. The topological polar surface area (TPSA) is 47.3 Å². The van der Waals surface area contributed by atoms with Gasteiger partial charge in [-0.1, -0.05) is 30.3 Å². The van der Waals surface area contributed by atoms with Gasteiger partial charge in [0.2, 0.25) is 0 Å². The first-order valence-corrected chi connectivity index (χ1v) is 4.82. The van der Waals surface area contributed by atoms with Crippen LogP contribution in [0, 0.1) is 0 Å². The number of rotatable bonds is 6. The van der Waals surface area contributed by atoms with E-state index in [2.05, 4.69) is 17.4 Å². The molecule has 3 heteroatoms. The molecule has 1 aromatic carbocycles. The van der Waals surface area contributed by atoms with Gasteiger partial charge in [-0.05, 0) is 5.56 Å². The molecule has 1 rings (SSSR count). The molecule has 0 fully saturated rings. The molecule has 0 aliphatic rings. The lowest BCUT2D eigenvalue weighted by Crippen LogP contribution is -2.36. The molecule has 0 amide bonds. The fourth-order valence-electron chi connectivity index (χ4n) is 1.27. The predicted molar refractivity (Wildman–Crippen MR) is 58.0 cm³/mol. The van der Waals surface area contributed by atoms with Gasteiger partial charge >= 0.3 is 0 Å². The molecule has 3 nitrogen and oxygen atoms in total. The lowest BCUT2D eigenvalue weighted by atomic mass is 10.2. The number of nitrogens with one attached hydrogen (secondary N) is 1. The molecule has 0 bridgehead atoms. The second-order valence-corrected chi connectivity index (χ2v) is 3.33. The highest BCUT2D eigenvalue weighted by Gasteiger charge is 1.99. The quantitative estimate of drug-likeness (QED) is 0.702. The van der Waals surface area contributed by atoms with Crippen molar-refractivity contribution in [3.05, 3.63) is 35.9 Å². The van der Waals surface area contributed by atoms with Crippen LogP contribution in [0.25, 0.3) is 0 Å². The van der Waals surface area contributed by atoms with Gasteiger partial charge in [0.25, 0.3) is 0 Å². The molecule has 1 atom stereocenters. The average Bonchev–Trinajstić information content (AvgIpc) is 2.20. The van der Waals surface area contributed by atoms with E-state index < -0.39 is 0 Å². The number of methoxy groups -OCH3 is 1. The average molecular weight is 194 g/mol. The highest BCUT2D eigenvalue weighted by Crippen LogP contribution is 1.96. The molecule has 0 aromatic heterocycles. The monoisotopic (exact) mass is 194 g/mol. The molecule has 78 valence electrons. The summed E-state index contributed by atoms with van der Waals surface area (Å²) >= 11 is 0. The van der Waals surface area contributed by atoms with Crippen molar-refractivity contribution in [3.63, 3.8) is 0 Å². The minimum Gasteiger partial charge on any atom is -0.383 e. The number of ether oxygens (including phenoxy) is 1. The Bertz CT molecular complexity index is 238. The minimum absolute atomic E-state index is 0.0729. The van der Waals surface area contributed by atoms with Crippen LogP contribution >= 0.6 is 0 Å². The van der Waals surface area contributed by atoms with Crippen molar-refractivity contribution in [2.45, 2.75) is 12.6 Å². The van der Waals surface area contributed by atoms with Crippen LogP contribution in [0.15, 0.2) is 30.3 Å². The van der Waals surface area contributed by atoms with Crippen molar-refractivity contribution in [2.75, 3.05) is 20.3 Å². The summed E-state index contributed by atoms with van der Waals surface area (Å²) in [5, 5.41) is 3.28. The number of hydrogen-bond donors (Lipinski definition) is 2. The molecule has 0 radical (unpaired) electrons. The van der Waals surface area contributed by atoms with Crippen LogP contribution in [0.4, 0.5) is 0 Å². The summed E-state index contributed by atoms with van der Waals surface area (Å²) in [6, 6.07) is 10.3. The Morgan fingerprint density at radius 3 is 2.71 bits per heavy atom. The number of hydrogen-bond acceptors (Lipinski definition) is 3. The molecule has 0 unspecified atom stereocenters. The maximum absolute atomic E-state index is 5.76. The largest absolute Gasteiger partial charge is 0.383 e. The van der Waals surface area contributed by atoms with E-state index in [-0.39, 0.29) is 6.04 Å². The Labute approximate surface area is 85.3 Å². The first-order valence-electron chi connectivity index (χ1n) is 4.82. The van der Waals surface area contributed by atoms with E-state index in [1.54, 1.807) is 7.11 Å². The molecule has 0 saturated carbocycles. The first-order chi connectivity index (χ1) is 6.83. The Hall–Kier alpha value is -0.900. The molecule has 14 heavy (non-hydrogen) atoms. The maximum Gasteiger partial charge on any atom is 0.0626 e. The molecule has 1 aromatic rings. The summed E-state index contributed by atoms with van der Waals surface area (Å²) in [7, 11) is 1.66. The fourth-order valence-corrected chi connectivity index (χ4v) is 1.27. The van der Waals surface area contributed by atoms with Gasteiger partial charge < -0.3 is 15.8 Å². The molecule has 0 aliphatic heterocycles. The van der Waals surface area contributed by atoms with Gasteiger partial charge in [-0.3, -0.25) is 0 Å². The van der Waals surface area contributed by atoms with Crippen LogP contribution in [0.3, 0.4) is 0 Å². The van der Waals surface area contributed by atoms with E-state index in [9.17, 15) is 0 Å². The second-order valence-electron chi connectivity index (χ2n) is 3.33. The maximum atomic E-state index is 5.76. The molecule has 0 aliphatic carbocycles. The standard InChI is InChI=1S/C11H18N2O/c1-14-9-11(12)8-13-7-10-5-3-2-4-6-10/h2-6,11,13H,7-9,12H2,1H3/t11-/m1/s1. The van der Waals surface area contributed by atoms with Gasteiger partial charge in [-0.15, -0.1) is 0 Å². The third-order valence-corrected chi connectivity index (χ3v) is 1.96. The normalized spacial score (nSPS) is 12.7. The Morgan fingerprint density at radius 1 is 1.36 bits per heavy atom. The number of benzene rings is 1. The van der Waals surface area contributed by atoms with Crippen molar-refractivity contribution in [1.29, 1.82) is 0 Å². The van der Waals surface area contributed by atoms with Crippen molar-refractivity contribution in [1.82, 2.24) is 5.32 Å². The van der Waals surface area contributed by atoms with Crippen LogP contribution < -0.4 is 11.1 Å². The first kappa shape index (κ1) is 11.2. The predicted octanol–water partition coefficient (Wildman–Crippen LogP) is 0.750. The van der Waals surface area contributed by atoms with E-state index in [0.717, 1.165) is 13.1 Å². The summed E-state index contributed by atoms with van der Waals surface area (Å²) in [6.07, 6.45) is 0. The molecule has 0 heterocycles.